The largest absolute Gasteiger partial charge is 0.471 e. The Hall–Kier alpha value is -0.803. The van der Waals surface area contributed by atoms with Crippen LogP contribution >= 0.6 is 0 Å². The van der Waals surface area contributed by atoms with Crippen molar-refractivity contribution in [1.82, 2.24) is 0 Å². The number of aliphatic hydroxyl groups is 1. The molecule has 130 valence electrons. The van der Waals surface area contributed by atoms with E-state index in [0.29, 0.717) is 0 Å². The third-order valence-electron chi connectivity index (χ3n) is 5.72. The maximum Gasteiger partial charge on any atom is 0.136 e. The average Bonchev–Trinajstić information content (AvgIpc) is 2.82. The molecule has 3 atom stereocenters. The summed E-state index contributed by atoms with van der Waals surface area (Å²) in [6, 6.07) is 0. The van der Waals surface area contributed by atoms with E-state index < -0.39 is 8.07 Å². The van der Waals surface area contributed by atoms with Crippen molar-refractivity contribution >= 4 is 13.5 Å². The summed E-state index contributed by atoms with van der Waals surface area (Å²) in [6.45, 7) is 15.4. The predicted octanol–water partition coefficient (Wildman–Crippen LogP) is 4.74. The highest BCUT2D eigenvalue weighted by Gasteiger charge is 2.41. The molecule has 2 rings (SSSR count). The first-order valence-electron chi connectivity index (χ1n) is 9.25. The fraction of sp³-hybridized carbons (Fsp3) is 0.700. The molecule has 1 unspecified atom stereocenters. The van der Waals surface area contributed by atoms with Crippen molar-refractivity contribution in [2.24, 2.45) is 5.92 Å². The number of fused-ring (bicyclic) bond motifs is 1. The van der Waals surface area contributed by atoms with Crippen LogP contribution in [-0.4, -0.2) is 19.3 Å². The third-order valence-corrected chi connectivity index (χ3v) is 9.65. The Labute approximate surface area is 143 Å². The first kappa shape index (κ1) is 18.5. The monoisotopic (exact) mass is 334 g/mol. The Balaban J connectivity index is 2.32. The topological polar surface area (TPSA) is 33.4 Å². The van der Waals surface area contributed by atoms with Crippen LogP contribution < -0.4 is 5.38 Å². The van der Waals surface area contributed by atoms with Crippen LogP contribution in [-0.2, 0) is 12.8 Å². The molecule has 2 nitrogen and oxygen atoms in total. The molecule has 0 fully saturated rings. The van der Waals surface area contributed by atoms with Gasteiger partial charge in [-0.3, -0.25) is 0 Å². The second-order valence-electron chi connectivity index (χ2n) is 8.00. The van der Waals surface area contributed by atoms with E-state index >= 15 is 0 Å². The summed E-state index contributed by atoms with van der Waals surface area (Å²) in [5.41, 5.74) is 2.96. The Bertz CT molecular complexity index is 544. The molecular weight excluding hydrogens is 300 g/mol. The van der Waals surface area contributed by atoms with Crippen LogP contribution in [0.25, 0.3) is 0 Å². The van der Waals surface area contributed by atoms with E-state index in [1.165, 1.54) is 28.7 Å². The number of unbranched alkanes of at least 4 members (excludes halogenated alkanes) is 1. The van der Waals surface area contributed by atoms with Gasteiger partial charge in [0.1, 0.15) is 13.8 Å². The summed E-state index contributed by atoms with van der Waals surface area (Å²) >= 11 is 0. The van der Waals surface area contributed by atoms with Crippen LogP contribution in [0.5, 0.6) is 0 Å². The van der Waals surface area contributed by atoms with Crippen molar-refractivity contribution in [3.05, 3.63) is 29.5 Å². The lowest BCUT2D eigenvalue weighted by molar-refractivity contribution is 0.162. The minimum absolute atomic E-state index is 0.151. The van der Waals surface area contributed by atoms with Gasteiger partial charge < -0.3 is 9.52 Å². The second-order valence-corrected chi connectivity index (χ2v) is 12.6. The lowest BCUT2D eigenvalue weighted by atomic mass is 9.88. The number of aliphatic hydroxyl groups excluding tert-OH is 1. The van der Waals surface area contributed by atoms with Gasteiger partial charge in [0.2, 0.25) is 0 Å². The molecule has 0 saturated carbocycles. The van der Waals surface area contributed by atoms with E-state index in [4.69, 9.17) is 4.42 Å². The molecule has 1 aliphatic rings. The highest BCUT2D eigenvalue weighted by atomic mass is 28.3. The Morgan fingerprint density at radius 3 is 2.74 bits per heavy atom. The number of rotatable bonds is 7. The minimum Gasteiger partial charge on any atom is -0.471 e. The standard InChI is InChI=1S/C20H34O2Si/c1-7-9-10-17(21)19(8-2)23(5,6)20-15(4)16-12-11-14(3)13-18(16)22-20/h8,14,17,19,21H,2,7,9-13H2,1,3-6H3/t14?,17-,19+/m0/s1. The molecule has 0 radical (unpaired) electrons. The molecule has 0 amide bonds. The zero-order valence-electron chi connectivity index (χ0n) is 15.6. The van der Waals surface area contributed by atoms with E-state index in [1.807, 2.05) is 6.08 Å². The van der Waals surface area contributed by atoms with Crippen molar-refractivity contribution in [2.45, 2.75) is 84.0 Å². The number of hydrogen-bond donors (Lipinski definition) is 1. The summed E-state index contributed by atoms with van der Waals surface area (Å²) in [6.07, 6.45) is 8.21. The van der Waals surface area contributed by atoms with Gasteiger partial charge in [-0.05, 0) is 43.2 Å². The van der Waals surface area contributed by atoms with Crippen LogP contribution in [0, 0.1) is 12.8 Å². The van der Waals surface area contributed by atoms with Gasteiger partial charge in [0.25, 0.3) is 0 Å². The van der Waals surface area contributed by atoms with Gasteiger partial charge in [-0.25, -0.2) is 0 Å². The zero-order chi connectivity index (χ0) is 17.2. The van der Waals surface area contributed by atoms with Crippen LogP contribution in [0.1, 0.15) is 56.4 Å². The van der Waals surface area contributed by atoms with Gasteiger partial charge >= 0.3 is 0 Å². The molecule has 1 aromatic rings. The molecule has 0 bridgehead atoms. The van der Waals surface area contributed by atoms with Gasteiger partial charge in [0, 0.05) is 12.0 Å². The molecule has 1 aliphatic carbocycles. The summed E-state index contributed by atoms with van der Waals surface area (Å²) in [5, 5.41) is 11.9. The first-order chi connectivity index (χ1) is 10.8. The lowest BCUT2D eigenvalue weighted by Crippen LogP contribution is -2.49. The summed E-state index contributed by atoms with van der Waals surface area (Å²) in [7, 11) is -1.94. The van der Waals surface area contributed by atoms with Gasteiger partial charge in [0.15, 0.2) is 0 Å². The van der Waals surface area contributed by atoms with Crippen molar-refractivity contribution in [3.63, 3.8) is 0 Å². The third kappa shape index (κ3) is 3.66. The molecule has 1 N–H and O–H groups in total. The van der Waals surface area contributed by atoms with Crippen LogP contribution in [0.15, 0.2) is 17.1 Å². The molecule has 0 spiro atoms. The highest BCUT2D eigenvalue weighted by Crippen LogP contribution is 2.34. The molecule has 0 aliphatic heterocycles. The minimum atomic E-state index is -1.94. The van der Waals surface area contributed by atoms with E-state index in [1.54, 1.807) is 0 Å². The summed E-state index contributed by atoms with van der Waals surface area (Å²) in [5.74, 6) is 1.93. The maximum absolute atomic E-state index is 10.7. The van der Waals surface area contributed by atoms with Gasteiger partial charge in [0.05, 0.1) is 11.5 Å². The molecule has 1 aromatic heterocycles. The fourth-order valence-electron chi connectivity index (χ4n) is 4.20. The molecule has 1 heterocycles. The van der Waals surface area contributed by atoms with Crippen molar-refractivity contribution < 1.29 is 9.52 Å². The molecule has 0 saturated heterocycles. The van der Waals surface area contributed by atoms with E-state index in [0.717, 1.165) is 38.0 Å². The molecule has 23 heavy (non-hydrogen) atoms. The average molecular weight is 335 g/mol. The second kappa shape index (κ2) is 7.39. The Morgan fingerprint density at radius 1 is 1.43 bits per heavy atom. The zero-order valence-corrected chi connectivity index (χ0v) is 16.6. The van der Waals surface area contributed by atoms with Crippen LogP contribution in [0.4, 0.5) is 0 Å². The van der Waals surface area contributed by atoms with Gasteiger partial charge in [-0.1, -0.05) is 45.9 Å². The highest BCUT2D eigenvalue weighted by molar-refractivity contribution is 6.90. The van der Waals surface area contributed by atoms with E-state index in [-0.39, 0.29) is 11.6 Å². The van der Waals surface area contributed by atoms with Crippen molar-refractivity contribution in [2.75, 3.05) is 0 Å². The van der Waals surface area contributed by atoms with Crippen LogP contribution in [0.2, 0.25) is 18.6 Å². The van der Waals surface area contributed by atoms with Crippen molar-refractivity contribution in [3.8, 4) is 0 Å². The first-order valence-corrected chi connectivity index (χ1v) is 12.3. The van der Waals surface area contributed by atoms with E-state index in [2.05, 4.69) is 40.4 Å². The Morgan fingerprint density at radius 2 is 2.13 bits per heavy atom. The molecule has 3 heteroatoms. The molecule has 0 aromatic carbocycles. The SMILES string of the molecule is C=C[C@H]([C@@H](O)CCCC)[Si](C)(C)c1oc2c(c1C)CCC(C)C2. The smallest absolute Gasteiger partial charge is 0.136 e. The summed E-state index contributed by atoms with van der Waals surface area (Å²) < 4.78 is 6.41. The number of furan rings is 1. The van der Waals surface area contributed by atoms with E-state index in [9.17, 15) is 5.11 Å². The predicted molar refractivity (Wildman–Crippen MR) is 101 cm³/mol. The van der Waals surface area contributed by atoms with Crippen LogP contribution in [0.3, 0.4) is 0 Å². The number of hydrogen-bond acceptors (Lipinski definition) is 2. The fourth-order valence-corrected chi connectivity index (χ4v) is 7.72. The quantitative estimate of drug-likeness (QED) is 0.577. The molecular formula is C20H34O2Si. The Kier molecular flexibility index (Phi) is 5.96. The maximum atomic E-state index is 10.7. The van der Waals surface area contributed by atoms with Gasteiger partial charge in [-0.15, -0.1) is 6.58 Å². The van der Waals surface area contributed by atoms with Crippen molar-refractivity contribution in [1.29, 1.82) is 0 Å². The normalized spacial score (nSPS) is 20.9. The lowest BCUT2D eigenvalue weighted by Gasteiger charge is -2.32. The summed E-state index contributed by atoms with van der Waals surface area (Å²) in [4.78, 5) is 0. The van der Waals surface area contributed by atoms with Gasteiger partial charge in [-0.2, -0.15) is 0 Å².